The minimum atomic E-state index is -0.618. The summed E-state index contributed by atoms with van der Waals surface area (Å²) in [4.78, 5) is 38.3. The smallest absolute Gasteiger partial charge is 0.373 e. The summed E-state index contributed by atoms with van der Waals surface area (Å²) < 4.78 is 15.7. The Balaban J connectivity index is 1.85. The van der Waals surface area contributed by atoms with E-state index < -0.39 is 11.9 Å². The highest BCUT2D eigenvalue weighted by Crippen LogP contribution is 2.36. The lowest BCUT2D eigenvalue weighted by Crippen LogP contribution is -2.27. The van der Waals surface area contributed by atoms with Crippen molar-refractivity contribution in [1.82, 2.24) is 4.90 Å². The van der Waals surface area contributed by atoms with E-state index in [9.17, 15) is 14.4 Å². The Hall–Kier alpha value is -3.00. The number of methoxy groups -OCH3 is 1. The summed E-state index contributed by atoms with van der Waals surface area (Å²) in [5.41, 5.74) is 2.86. The number of hydrogen-bond donors (Lipinski definition) is 0. The van der Waals surface area contributed by atoms with Gasteiger partial charge in [0.2, 0.25) is 5.76 Å². The van der Waals surface area contributed by atoms with Crippen molar-refractivity contribution in [3.63, 3.8) is 0 Å². The topological polar surface area (TPSA) is 86.1 Å². The largest absolute Gasteiger partial charge is 0.494 e. The molecule has 0 saturated carbocycles. The number of hydrogen-bond acceptors (Lipinski definition) is 7. The van der Waals surface area contributed by atoms with Gasteiger partial charge in [0, 0.05) is 0 Å². The van der Waals surface area contributed by atoms with Gasteiger partial charge in [0.15, 0.2) is 0 Å². The third-order valence-corrected chi connectivity index (χ3v) is 5.75. The van der Waals surface area contributed by atoms with Gasteiger partial charge in [-0.05, 0) is 78.6 Å². The summed E-state index contributed by atoms with van der Waals surface area (Å²) in [6, 6.07) is 6.97. The van der Waals surface area contributed by atoms with Crippen LogP contribution in [0, 0.1) is 6.92 Å². The van der Waals surface area contributed by atoms with E-state index in [4.69, 9.17) is 9.15 Å². The SMILES string of the molecule is CCOc1cc(C)c(/C=C2/SC(=O)N(Cc3ccc(C(=O)OC)o3)C2=O)cc1C(C)C. The second-order valence-electron chi connectivity index (χ2n) is 7.36. The molecule has 31 heavy (non-hydrogen) atoms. The highest BCUT2D eigenvalue weighted by molar-refractivity contribution is 8.18. The maximum Gasteiger partial charge on any atom is 0.373 e. The lowest BCUT2D eigenvalue weighted by atomic mass is 9.96. The number of carbonyl (C=O) groups is 3. The number of aryl methyl sites for hydroxylation is 1. The Morgan fingerprint density at radius 1 is 1.26 bits per heavy atom. The lowest BCUT2D eigenvalue weighted by molar-refractivity contribution is -0.123. The number of ether oxygens (including phenoxy) is 2. The van der Waals surface area contributed by atoms with Crippen LogP contribution in [-0.2, 0) is 16.1 Å². The van der Waals surface area contributed by atoms with Gasteiger partial charge in [0.1, 0.15) is 11.5 Å². The van der Waals surface area contributed by atoms with Crippen molar-refractivity contribution >= 4 is 35.0 Å². The summed E-state index contributed by atoms with van der Waals surface area (Å²) in [6.07, 6.45) is 1.74. The molecule has 2 aromatic rings. The fourth-order valence-electron chi connectivity index (χ4n) is 3.21. The first-order valence-corrected chi connectivity index (χ1v) is 10.8. The van der Waals surface area contributed by atoms with Gasteiger partial charge in [-0.3, -0.25) is 14.5 Å². The zero-order chi connectivity index (χ0) is 22.7. The molecule has 3 rings (SSSR count). The lowest BCUT2D eigenvalue weighted by Gasteiger charge is -2.16. The van der Waals surface area contributed by atoms with Gasteiger partial charge < -0.3 is 13.9 Å². The summed E-state index contributed by atoms with van der Waals surface area (Å²) >= 11 is 0.885. The van der Waals surface area contributed by atoms with Crippen molar-refractivity contribution in [3.05, 3.63) is 57.4 Å². The Bertz CT molecular complexity index is 1050. The summed E-state index contributed by atoms with van der Waals surface area (Å²) in [7, 11) is 1.25. The number of amides is 2. The number of benzene rings is 1. The molecule has 0 N–H and O–H groups in total. The van der Waals surface area contributed by atoms with E-state index in [1.54, 1.807) is 12.1 Å². The third kappa shape index (κ3) is 4.85. The van der Waals surface area contributed by atoms with E-state index >= 15 is 0 Å². The normalized spacial score (nSPS) is 15.3. The van der Waals surface area contributed by atoms with Gasteiger partial charge in [-0.15, -0.1) is 0 Å². The van der Waals surface area contributed by atoms with Crippen LogP contribution in [0.2, 0.25) is 0 Å². The number of carbonyl (C=O) groups excluding carboxylic acids is 3. The Labute approximate surface area is 185 Å². The average molecular weight is 444 g/mol. The van der Waals surface area contributed by atoms with Crippen LogP contribution in [0.25, 0.3) is 6.08 Å². The Morgan fingerprint density at radius 2 is 2.00 bits per heavy atom. The van der Waals surface area contributed by atoms with E-state index in [0.29, 0.717) is 17.3 Å². The monoisotopic (exact) mass is 443 g/mol. The molecule has 1 aromatic heterocycles. The molecule has 1 aliphatic rings. The molecule has 0 atom stereocenters. The Kier molecular flexibility index (Phi) is 6.90. The molecule has 8 heteroatoms. The van der Waals surface area contributed by atoms with Crippen LogP contribution >= 0.6 is 11.8 Å². The maximum absolute atomic E-state index is 12.9. The molecule has 0 radical (unpaired) electrons. The summed E-state index contributed by atoms with van der Waals surface area (Å²) in [5.74, 6) is 0.402. The van der Waals surface area contributed by atoms with Crippen LogP contribution in [0.3, 0.4) is 0 Å². The molecule has 2 amide bonds. The van der Waals surface area contributed by atoms with Crippen molar-refractivity contribution in [2.45, 2.75) is 40.2 Å². The van der Waals surface area contributed by atoms with E-state index in [-0.39, 0.29) is 23.5 Å². The van der Waals surface area contributed by atoms with Crippen LogP contribution in [0.1, 0.15) is 59.7 Å². The fourth-order valence-corrected chi connectivity index (χ4v) is 4.04. The molecule has 2 heterocycles. The van der Waals surface area contributed by atoms with Crippen LogP contribution in [0.15, 0.2) is 33.6 Å². The van der Waals surface area contributed by atoms with Gasteiger partial charge in [-0.25, -0.2) is 4.79 Å². The van der Waals surface area contributed by atoms with E-state index in [0.717, 1.165) is 39.1 Å². The first-order valence-electron chi connectivity index (χ1n) is 9.94. The molecule has 0 aliphatic carbocycles. The van der Waals surface area contributed by atoms with Crippen molar-refractivity contribution in [1.29, 1.82) is 0 Å². The molecule has 0 spiro atoms. The minimum Gasteiger partial charge on any atom is -0.494 e. The number of esters is 1. The van der Waals surface area contributed by atoms with E-state index in [1.807, 2.05) is 26.0 Å². The van der Waals surface area contributed by atoms with Crippen LogP contribution < -0.4 is 4.74 Å². The standard InChI is InChI=1S/C23H25NO6S/c1-6-29-19-9-14(4)15(10-17(19)13(2)3)11-20-21(25)24(23(27)31-20)12-16-7-8-18(30-16)22(26)28-5/h7-11,13H,6,12H2,1-5H3/b20-11+. The predicted octanol–water partition coefficient (Wildman–Crippen LogP) is 5.13. The van der Waals surface area contributed by atoms with Gasteiger partial charge in [-0.2, -0.15) is 0 Å². The van der Waals surface area contributed by atoms with Gasteiger partial charge in [0.25, 0.3) is 11.1 Å². The fraction of sp³-hybridized carbons (Fsp3) is 0.348. The number of furan rings is 1. The highest BCUT2D eigenvalue weighted by Gasteiger charge is 2.36. The molecular weight excluding hydrogens is 418 g/mol. The first-order chi connectivity index (χ1) is 14.7. The molecular formula is C23H25NO6S. The van der Waals surface area contributed by atoms with Crippen LogP contribution in [0.5, 0.6) is 5.75 Å². The average Bonchev–Trinajstić information content (AvgIpc) is 3.30. The van der Waals surface area contributed by atoms with Gasteiger partial charge in [0.05, 0.1) is 25.2 Å². The number of rotatable bonds is 7. The second kappa shape index (κ2) is 9.43. The maximum atomic E-state index is 12.9. The van der Waals surface area contributed by atoms with Crippen molar-refractivity contribution in [3.8, 4) is 5.75 Å². The first kappa shape index (κ1) is 22.7. The zero-order valence-electron chi connectivity index (χ0n) is 18.2. The van der Waals surface area contributed by atoms with Crippen molar-refractivity contribution < 1.29 is 28.3 Å². The molecule has 0 bridgehead atoms. The summed E-state index contributed by atoms with van der Waals surface area (Å²) in [5, 5.41) is -0.389. The molecule has 1 aliphatic heterocycles. The zero-order valence-corrected chi connectivity index (χ0v) is 19.0. The molecule has 7 nitrogen and oxygen atoms in total. The quantitative estimate of drug-likeness (QED) is 0.433. The minimum absolute atomic E-state index is 0.0197. The predicted molar refractivity (Wildman–Crippen MR) is 118 cm³/mol. The molecule has 1 aromatic carbocycles. The van der Waals surface area contributed by atoms with Crippen molar-refractivity contribution in [2.75, 3.05) is 13.7 Å². The molecule has 1 saturated heterocycles. The second-order valence-corrected chi connectivity index (χ2v) is 8.35. The molecule has 0 unspecified atom stereocenters. The number of imide groups is 1. The third-order valence-electron chi connectivity index (χ3n) is 4.84. The van der Waals surface area contributed by atoms with Gasteiger partial charge >= 0.3 is 5.97 Å². The molecule has 164 valence electrons. The van der Waals surface area contributed by atoms with Crippen LogP contribution in [0.4, 0.5) is 4.79 Å². The Morgan fingerprint density at radius 3 is 2.65 bits per heavy atom. The van der Waals surface area contributed by atoms with E-state index in [1.165, 1.54) is 13.2 Å². The number of thioether (sulfide) groups is 1. The van der Waals surface area contributed by atoms with Crippen LogP contribution in [-0.4, -0.2) is 35.7 Å². The van der Waals surface area contributed by atoms with Crippen molar-refractivity contribution in [2.24, 2.45) is 0 Å². The molecule has 1 fully saturated rings. The van der Waals surface area contributed by atoms with E-state index in [2.05, 4.69) is 18.6 Å². The summed E-state index contributed by atoms with van der Waals surface area (Å²) in [6.45, 7) is 8.56. The number of nitrogens with zero attached hydrogens (tertiary/aromatic N) is 1. The van der Waals surface area contributed by atoms with Gasteiger partial charge in [-0.1, -0.05) is 13.8 Å². The highest BCUT2D eigenvalue weighted by atomic mass is 32.2.